The van der Waals surface area contributed by atoms with E-state index < -0.39 is 0 Å². The van der Waals surface area contributed by atoms with Crippen LogP contribution in [-0.2, 0) is 6.54 Å². The van der Waals surface area contributed by atoms with E-state index in [4.69, 9.17) is 4.74 Å². The highest BCUT2D eigenvalue weighted by Gasteiger charge is 2.32. The van der Waals surface area contributed by atoms with Crippen LogP contribution in [0.4, 0.5) is 5.69 Å². The molecule has 0 N–H and O–H groups in total. The molecule has 0 saturated carbocycles. The van der Waals surface area contributed by atoms with Gasteiger partial charge in [0.25, 0.3) is 0 Å². The van der Waals surface area contributed by atoms with Crippen LogP contribution in [0.1, 0.15) is 30.6 Å². The van der Waals surface area contributed by atoms with Crippen LogP contribution < -0.4 is 9.64 Å². The summed E-state index contributed by atoms with van der Waals surface area (Å²) in [7, 11) is 1.73. The molecule has 4 rings (SSSR count). The molecule has 1 atom stereocenters. The van der Waals surface area contributed by atoms with Crippen LogP contribution in [0.25, 0.3) is 0 Å². The van der Waals surface area contributed by atoms with E-state index in [-0.39, 0.29) is 6.04 Å². The molecule has 3 aromatic rings. The molecule has 7 nitrogen and oxygen atoms in total. The number of methoxy groups -OCH3 is 1. The molecule has 1 fully saturated rings. The molecule has 0 bridgehead atoms. The number of anilines is 1. The molecule has 154 valence electrons. The molecule has 0 amide bonds. The summed E-state index contributed by atoms with van der Waals surface area (Å²) in [4.78, 5) is 6.19. The lowest BCUT2D eigenvalue weighted by atomic mass is 10.0. The Hall–Kier alpha value is -2.45. The van der Waals surface area contributed by atoms with Gasteiger partial charge in [-0.15, -0.1) is 16.4 Å². The van der Waals surface area contributed by atoms with E-state index in [0.29, 0.717) is 5.92 Å². The maximum atomic E-state index is 5.55. The van der Waals surface area contributed by atoms with Gasteiger partial charge in [-0.3, -0.25) is 4.90 Å². The minimum Gasteiger partial charge on any atom is -0.495 e. The van der Waals surface area contributed by atoms with Crippen molar-refractivity contribution in [1.29, 1.82) is 0 Å². The van der Waals surface area contributed by atoms with Crippen molar-refractivity contribution in [2.45, 2.75) is 26.4 Å². The third kappa shape index (κ3) is 4.28. The number of hydrogen-bond donors (Lipinski definition) is 0. The highest BCUT2D eigenvalue weighted by Crippen LogP contribution is 2.32. The Labute approximate surface area is 175 Å². The molecular formula is C21H28N6OS. The normalized spacial score (nSPS) is 16.3. The number of rotatable bonds is 7. The predicted molar refractivity (Wildman–Crippen MR) is 116 cm³/mol. The molecular weight excluding hydrogens is 384 g/mol. The van der Waals surface area contributed by atoms with Crippen molar-refractivity contribution in [2.75, 3.05) is 38.2 Å². The Morgan fingerprint density at radius 3 is 2.55 bits per heavy atom. The van der Waals surface area contributed by atoms with Crippen molar-refractivity contribution in [3.63, 3.8) is 0 Å². The van der Waals surface area contributed by atoms with Gasteiger partial charge < -0.3 is 9.64 Å². The van der Waals surface area contributed by atoms with Crippen LogP contribution >= 0.6 is 11.3 Å². The molecule has 0 spiro atoms. The number of nitrogens with zero attached hydrogens (tertiary/aromatic N) is 6. The molecule has 0 aliphatic carbocycles. The SMILES string of the molecule is COc1ccccc1N1CCN([C@@H](c2nnnn2Cc2cccs2)C(C)C)CC1. The Morgan fingerprint density at radius 1 is 1.07 bits per heavy atom. The first kappa shape index (κ1) is 19.8. The summed E-state index contributed by atoms with van der Waals surface area (Å²) in [5.41, 5.74) is 1.17. The van der Waals surface area contributed by atoms with Crippen molar-refractivity contribution in [2.24, 2.45) is 5.92 Å². The quantitative estimate of drug-likeness (QED) is 0.593. The fourth-order valence-electron chi connectivity index (χ4n) is 4.10. The monoisotopic (exact) mass is 412 g/mol. The minimum absolute atomic E-state index is 0.199. The number of para-hydroxylation sites is 2. The van der Waals surface area contributed by atoms with Crippen molar-refractivity contribution < 1.29 is 4.74 Å². The van der Waals surface area contributed by atoms with Gasteiger partial charge in [0.1, 0.15) is 5.75 Å². The van der Waals surface area contributed by atoms with Crippen LogP contribution in [-0.4, -0.2) is 58.4 Å². The van der Waals surface area contributed by atoms with Crippen LogP contribution in [0, 0.1) is 5.92 Å². The number of benzene rings is 1. The van der Waals surface area contributed by atoms with E-state index in [9.17, 15) is 0 Å². The van der Waals surface area contributed by atoms with Crippen molar-refractivity contribution >= 4 is 17.0 Å². The highest BCUT2D eigenvalue weighted by atomic mass is 32.1. The lowest BCUT2D eigenvalue weighted by molar-refractivity contribution is 0.135. The van der Waals surface area contributed by atoms with Gasteiger partial charge in [-0.05, 0) is 39.9 Å². The van der Waals surface area contributed by atoms with Gasteiger partial charge in [0.2, 0.25) is 0 Å². The molecule has 8 heteroatoms. The fourth-order valence-corrected chi connectivity index (χ4v) is 4.79. The smallest absolute Gasteiger partial charge is 0.169 e. The summed E-state index contributed by atoms with van der Waals surface area (Å²) < 4.78 is 7.51. The summed E-state index contributed by atoms with van der Waals surface area (Å²) >= 11 is 1.74. The molecule has 29 heavy (non-hydrogen) atoms. The molecule has 1 saturated heterocycles. The van der Waals surface area contributed by atoms with Crippen LogP contribution in [0.2, 0.25) is 0 Å². The summed E-state index contributed by atoms with van der Waals surface area (Å²) in [5, 5.41) is 14.8. The molecule has 1 aliphatic heterocycles. The zero-order chi connectivity index (χ0) is 20.2. The maximum absolute atomic E-state index is 5.55. The van der Waals surface area contributed by atoms with E-state index in [2.05, 4.69) is 68.8 Å². The average Bonchev–Trinajstić information content (AvgIpc) is 3.41. The van der Waals surface area contributed by atoms with Crippen molar-refractivity contribution in [3.05, 3.63) is 52.5 Å². The second-order valence-corrected chi connectivity index (χ2v) is 8.69. The van der Waals surface area contributed by atoms with Gasteiger partial charge in [0.15, 0.2) is 5.82 Å². The third-order valence-corrected chi connectivity index (χ3v) is 6.34. The van der Waals surface area contributed by atoms with Crippen molar-refractivity contribution in [1.82, 2.24) is 25.1 Å². The molecule has 0 unspecified atom stereocenters. The second-order valence-electron chi connectivity index (χ2n) is 7.66. The van der Waals surface area contributed by atoms with E-state index in [0.717, 1.165) is 44.3 Å². The minimum atomic E-state index is 0.199. The summed E-state index contributed by atoms with van der Waals surface area (Å²) in [5.74, 6) is 2.31. The molecule has 1 aliphatic rings. The summed E-state index contributed by atoms with van der Waals surface area (Å²) in [6.07, 6.45) is 0. The zero-order valence-electron chi connectivity index (χ0n) is 17.2. The van der Waals surface area contributed by atoms with E-state index in [1.807, 2.05) is 16.8 Å². The molecule has 0 radical (unpaired) electrons. The van der Waals surface area contributed by atoms with E-state index in [1.165, 1.54) is 10.6 Å². The van der Waals surface area contributed by atoms with Gasteiger partial charge in [-0.25, -0.2) is 4.68 Å². The standard InChI is InChI=1S/C21H28N6OS/c1-16(2)20(21-22-23-24-27(21)15-17-7-6-14-29-17)26-12-10-25(11-13-26)18-8-4-5-9-19(18)28-3/h4-9,14,16,20H,10-13,15H2,1-3H3/t20-/m1/s1. The number of aromatic nitrogens is 4. The lowest BCUT2D eigenvalue weighted by Crippen LogP contribution is -2.49. The number of piperazine rings is 1. The largest absolute Gasteiger partial charge is 0.495 e. The lowest BCUT2D eigenvalue weighted by Gasteiger charge is -2.41. The molecule has 3 heterocycles. The number of thiophene rings is 1. The van der Waals surface area contributed by atoms with Crippen molar-refractivity contribution in [3.8, 4) is 5.75 Å². The van der Waals surface area contributed by atoms with Gasteiger partial charge in [0.05, 0.1) is 25.4 Å². The van der Waals surface area contributed by atoms with Gasteiger partial charge in [0, 0.05) is 31.1 Å². The third-order valence-electron chi connectivity index (χ3n) is 5.47. The van der Waals surface area contributed by atoms with E-state index in [1.54, 1.807) is 18.4 Å². The average molecular weight is 413 g/mol. The van der Waals surface area contributed by atoms with Gasteiger partial charge >= 0.3 is 0 Å². The highest BCUT2D eigenvalue weighted by molar-refractivity contribution is 7.09. The Balaban J connectivity index is 1.49. The first-order valence-electron chi connectivity index (χ1n) is 10.1. The summed E-state index contributed by atoms with van der Waals surface area (Å²) in [6, 6.07) is 12.6. The van der Waals surface area contributed by atoms with E-state index >= 15 is 0 Å². The Bertz CT molecular complexity index is 902. The molecule has 2 aromatic heterocycles. The second kappa shape index (κ2) is 8.92. The Morgan fingerprint density at radius 2 is 1.86 bits per heavy atom. The predicted octanol–water partition coefficient (Wildman–Crippen LogP) is 3.31. The molecule has 1 aromatic carbocycles. The van der Waals surface area contributed by atoms with Crippen LogP contribution in [0.5, 0.6) is 5.75 Å². The fraction of sp³-hybridized carbons (Fsp3) is 0.476. The number of ether oxygens (including phenoxy) is 1. The topological polar surface area (TPSA) is 59.3 Å². The first-order valence-corrected chi connectivity index (χ1v) is 11.0. The first-order chi connectivity index (χ1) is 14.2. The van der Waals surface area contributed by atoms with Crippen LogP contribution in [0.3, 0.4) is 0 Å². The zero-order valence-corrected chi connectivity index (χ0v) is 18.0. The van der Waals surface area contributed by atoms with Gasteiger partial charge in [-0.1, -0.05) is 32.0 Å². The summed E-state index contributed by atoms with van der Waals surface area (Å²) in [6.45, 7) is 9.07. The maximum Gasteiger partial charge on any atom is 0.169 e. The van der Waals surface area contributed by atoms with Gasteiger partial charge in [-0.2, -0.15) is 0 Å². The number of hydrogen-bond acceptors (Lipinski definition) is 7. The van der Waals surface area contributed by atoms with Crippen LogP contribution in [0.15, 0.2) is 41.8 Å². The number of tetrazole rings is 1. The Kier molecular flexibility index (Phi) is 6.10.